The number of thiazole rings is 1. The number of aromatic nitrogens is 2. The van der Waals surface area contributed by atoms with Gasteiger partial charge in [0.1, 0.15) is 5.76 Å². The van der Waals surface area contributed by atoms with E-state index in [2.05, 4.69) is 15.0 Å². The van der Waals surface area contributed by atoms with Crippen LogP contribution < -0.4 is 4.90 Å². The Bertz CT molecular complexity index is 890. The monoisotopic (exact) mass is 422 g/mol. The molecule has 0 aliphatic carbocycles. The summed E-state index contributed by atoms with van der Waals surface area (Å²) in [5, 5.41) is 4.60. The van der Waals surface area contributed by atoms with Gasteiger partial charge in [-0.15, -0.1) is 12.4 Å². The van der Waals surface area contributed by atoms with Gasteiger partial charge in [-0.25, -0.2) is 4.98 Å². The number of fused-ring (bicyclic) bond motifs is 1. The van der Waals surface area contributed by atoms with Crippen LogP contribution in [0.25, 0.3) is 10.2 Å². The average molecular weight is 423 g/mol. The third-order valence-electron chi connectivity index (χ3n) is 4.57. The van der Waals surface area contributed by atoms with Gasteiger partial charge in [0.25, 0.3) is 5.91 Å². The summed E-state index contributed by atoms with van der Waals surface area (Å²) in [4.78, 5) is 21.8. The van der Waals surface area contributed by atoms with Gasteiger partial charge in [0.15, 0.2) is 10.8 Å². The summed E-state index contributed by atoms with van der Waals surface area (Å²) in [6.07, 6.45) is 0.860. The second-order valence-electron chi connectivity index (χ2n) is 6.55. The Kier molecular flexibility index (Phi) is 7.01. The van der Waals surface area contributed by atoms with Gasteiger partial charge < -0.3 is 9.26 Å². The van der Waals surface area contributed by atoms with E-state index in [1.54, 1.807) is 17.9 Å². The molecular formula is C19H23ClN4O3S. The van der Waals surface area contributed by atoms with Gasteiger partial charge in [-0.3, -0.25) is 14.6 Å². The molecule has 0 unspecified atom stereocenters. The first-order valence-corrected chi connectivity index (χ1v) is 9.93. The molecule has 3 heterocycles. The number of hydrogen-bond donors (Lipinski definition) is 0. The Morgan fingerprint density at radius 1 is 1.29 bits per heavy atom. The molecule has 4 rings (SSSR count). The molecule has 9 heteroatoms. The fraction of sp³-hybridized carbons (Fsp3) is 0.421. The maximum atomic E-state index is 13.1. The lowest BCUT2D eigenvalue weighted by molar-refractivity contribution is 0.0376. The van der Waals surface area contributed by atoms with E-state index in [1.807, 2.05) is 24.3 Å². The molecule has 1 aromatic carbocycles. The fourth-order valence-corrected chi connectivity index (χ4v) is 4.13. The van der Waals surface area contributed by atoms with Gasteiger partial charge in [0.05, 0.1) is 23.4 Å². The van der Waals surface area contributed by atoms with E-state index in [1.165, 1.54) is 11.3 Å². The Balaban J connectivity index is 0.00000225. The maximum absolute atomic E-state index is 13.1. The molecule has 1 fully saturated rings. The second kappa shape index (κ2) is 9.47. The minimum atomic E-state index is -0.173. The molecule has 1 aliphatic rings. The van der Waals surface area contributed by atoms with Crippen LogP contribution in [0.15, 0.2) is 34.9 Å². The van der Waals surface area contributed by atoms with Crippen LogP contribution in [0.2, 0.25) is 0 Å². The fourth-order valence-electron chi connectivity index (χ4n) is 3.14. The molecule has 7 nitrogen and oxygen atoms in total. The number of aryl methyl sites for hydroxylation is 1. The van der Waals surface area contributed by atoms with Crippen LogP contribution in [0.4, 0.5) is 5.13 Å². The molecular weight excluding hydrogens is 400 g/mol. The number of hydrogen-bond acceptors (Lipinski definition) is 7. The standard InChI is InChI=1S/C19H22N4O3S.ClH/c1-14-13-16(21-26-14)18(24)23(8-4-7-22-9-11-25-12-10-22)19-20-15-5-2-3-6-17(15)27-19;/h2-3,5-6,13H,4,7-12H2,1H3;1H. The Morgan fingerprint density at radius 3 is 2.79 bits per heavy atom. The highest BCUT2D eigenvalue weighted by atomic mass is 35.5. The summed E-state index contributed by atoms with van der Waals surface area (Å²) in [5.41, 5.74) is 1.22. The number of carbonyl (C=O) groups is 1. The minimum Gasteiger partial charge on any atom is -0.379 e. The lowest BCUT2D eigenvalue weighted by Gasteiger charge is -2.27. The molecule has 1 aliphatic heterocycles. The molecule has 0 atom stereocenters. The van der Waals surface area contributed by atoms with Gasteiger partial charge >= 0.3 is 0 Å². The highest BCUT2D eigenvalue weighted by Crippen LogP contribution is 2.29. The van der Waals surface area contributed by atoms with E-state index in [-0.39, 0.29) is 18.3 Å². The number of amides is 1. The predicted octanol–water partition coefficient (Wildman–Crippen LogP) is 3.38. The highest BCUT2D eigenvalue weighted by Gasteiger charge is 2.24. The molecule has 0 radical (unpaired) electrons. The van der Waals surface area contributed by atoms with E-state index in [0.29, 0.717) is 23.1 Å². The molecule has 28 heavy (non-hydrogen) atoms. The van der Waals surface area contributed by atoms with Crippen LogP contribution in [0.3, 0.4) is 0 Å². The number of morpholine rings is 1. The number of nitrogens with zero attached hydrogens (tertiary/aromatic N) is 4. The smallest absolute Gasteiger partial charge is 0.282 e. The third-order valence-corrected chi connectivity index (χ3v) is 5.62. The molecule has 1 amide bonds. The van der Waals surface area contributed by atoms with Crippen LogP contribution in [-0.4, -0.2) is 60.3 Å². The van der Waals surface area contributed by atoms with Crippen LogP contribution >= 0.6 is 23.7 Å². The number of anilines is 1. The zero-order valence-electron chi connectivity index (χ0n) is 15.7. The van der Waals surface area contributed by atoms with Crippen molar-refractivity contribution in [1.29, 1.82) is 0 Å². The van der Waals surface area contributed by atoms with Crippen molar-refractivity contribution in [3.8, 4) is 0 Å². The maximum Gasteiger partial charge on any atom is 0.282 e. The minimum absolute atomic E-state index is 0. The number of benzene rings is 1. The second-order valence-corrected chi connectivity index (χ2v) is 7.56. The molecule has 1 saturated heterocycles. The van der Waals surface area contributed by atoms with E-state index < -0.39 is 0 Å². The largest absolute Gasteiger partial charge is 0.379 e. The van der Waals surface area contributed by atoms with Crippen LogP contribution in [-0.2, 0) is 4.74 Å². The van der Waals surface area contributed by atoms with Crippen molar-refractivity contribution in [3.63, 3.8) is 0 Å². The summed E-state index contributed by atoms with van der Waals surface area (Å²) < 4.78 is 11.6. The molecule has 0 bridgehead atoms. The normalized spacial score (nSPS) is 14.8. The first-order valence-electron chi connectivity index (χ1n) is 9.11. The molecule has 3 aromatic rings. The van der Waals surface area contributed by atoms with Gasteiger partial charge in [0, 0.05) is 32.2 Å². The van der Waals surface area contributed by atoms with Crippen molar-refractivity contribution in [2.75, 3.05) is 44.3 Å². The summed E-state index contributed by atoms with van der Waals surface area (Å²) in [5.74, 6) is 0.448. The van der Waals surface area contributed by atoms with Gasteiger partial charge in [-0.05, 0) is 25.5 Å². The zero-order chi connectivity index (χ0) is 18.6. The molecule has 150 valence electrons. The van der Waals surface area contributed by atoms with E-state index >= 15 is 0 Å². The summed E-state index contributed by atoms with van der Waals surface area (Å²) in [6, 6.07) is 9.59. The van der Waals surface area contributed by atoms with Crippen molar-refractivity contribution in [1.82, 2.24) is 15.0 Å². The molecule has 0 N–H and O–H groups in total. The topological polar surface area (TPSA) is 71.7 Å². The van der Waals surface area contributed by atoms with Crippen LogP contribution in [0.5, 0.6) is 0 Å². The SMILES string of the molecule is Cc1cc(C(=O)N(CCCN2CCOCC2)c2nc3ccccc3s2)no1.Cl. The lowest BCUT2D eigenvalue weighted by Crippen LogP contribution is -2.39. The quantitative estimate of drug-likeness (QED) is 0.606. The van der Waals surface area contributed by atoms with Crippen molar-refractivity contribution >= 4 is 45.0 Å². The summed E-state index contributed by atoms with van der Waals surface area (Å²) in [6.45, 7) is 6.73. The van der Waals surface area contributed by atoms with Crippen LogP contribution in [0, 0.1) is 6.92 Å². The van der Waals surface area contributed by atoms with Gasteiger partial charge in [-0.2, -0.15) is 0 Å². The van der Waals surface area contributed by atoms with Gasteiger partial charge in [0.2, 0.25) is 0 Å². The Hall–Kier alpha value is -2.00. The first-order chi connectivity index (χ1) is 13.2. The van der Waals surface area contributed by atoms with Crippen LogP contribution in [0.1, 0.15) is 22.7 Å². The number of rotatable bonds is 6. The molecule has 0 saturated carbocycles. The zero-order valence-corrected chi connectivity index (χ0v) is 17.3. The average Bonchev–Trinajstić information content (AvgIpc) is 3.31. The van der Waals surface area contributed by atoms with E-state index in [4.69, 9.17) is 9.26 Å². The summed E-state index contributed by atoms with van der Waals surface area (Å²) >= 11 is 1.52. The van der Waals surface area contributed by atoms with Crippen molar-refractivity contribution in [2.24, 2.45) is 0 Å². The number of ether oxygens (including phenoxy) is 1. The number of halogens is 1. The third kappa shape index (κ3) is 4.70. The van der Waals surface area contributed by atoms with E-state index in [9.17, 15) is 4.79 Å². The van der Waals surface area contributed by atoms with Gasteiger partial charge in [-0.1, -0.05) is 28.6 Å². The Labute approximate surface area is 173 Å². The molecule has 0 spiro atoms. The number of para-hydroxylation sites is 1. The predicted molar refractivity (Wildman–Crippen MR) is 112 cm³/mol. The van der Waals surface area contributed by atoms with E-state index in [0.717, 1.165) is 49.5 Å². The number of carbonyl (C=O) groups excluding carboxylic acids is 1. The summed E-state index contributed by atoms with van der Waals surface area (Å²) in [7, 11) is 0. The highest BCUT2D eigenvalue weighted by molar-refractivity contribution is 7.22. The van der Waals surface area contributed by atoms with Crippen molar-refractivity contribution in [2.45, 2.75) is 13.3 Å². The molecule has 2 aromatic heterocycles. The Morgan fingerprint density at radius 2 is 2.07 bits per heavy atom. The van der Waals surface area contributed by atoms with Crippen molar-refractivity contribution in [3.05, 3.63) is 41.8 Å². The van der Waals surface area contributed by atoms with Crippen molar-refractivity contribution < 1.29 is 14.1 Å². The first kappa shape index (κ1) is 20.7. The lowest BCUT2D eigenvalue weighted by atomic mass is 10.3.